The van der Waals surface area contributed by atoms with E-state index >= 15 is 0 Å². The Bertz CT molecular complexity index is 140. The molecule has 0 amide bonds. The normalized spacial score (nSPS) is 10.1. The van der Waals surface area contributed by atoms with Gasteiger partial charge in [-0.2, -0.15) is 0 Å². The first-order chi connectivity index (χ1) is 7.18. The summed E-state index contributed by atoms with van der Waals surface area (Å²) in [6, 6.07) is 3.32. The van der Waals surface area contributed by atoms with Crippen LogP contribution in [0.1, 0.15) is 60.8 Å². The van der Waals surface area contributed by atoms with Crippen LogP contribution in [-0.2, 0) is 21.7 Å². The second-order valence-electron chi connectivity index (χ2n) is 5.65. The molecule has 6 heteroatoms. The van der Waals surface area contributed by atoms with Crippen LogP contribution in [0.2, 0.25) is 18.1 Å². The fourth-order valence-electron chi connectivity index (χ4n) is 1.77. The molecule has 0 fully saturated rings. The maximum Gasteiger partial charge on any atom is 0.188 e. The van der Waals surface area contributed by atoms with Crippen molar-refractivity contribution < 1.29 is 42.6 Å². The van der Waals surface area contributed by atoms with E-state index in [9.17, 15) is 4.80 Å². The summed E-state index contributed by atoms with van der Waals surface area (Å²) in [6.45, 7) is 11.7. The van der Waals surface area contributed by atoms with E-state index < -0.39 is 13.9 Å². The maximum absolute atomic E-state index is 10.2. The van der Waals surface area contributed by atoms with Gasteiger partial charge in [-0.15, -0.1) is 0 Å². The third-order valence-corrected chi connectivity index (χ3v) is 6.44. The Balaban J connectivity index is -0.0000000717. The minimum atomic E-state index is -1.75. The van der Waals surface area contributed by atoms with E-state index in [0.717, 1.165) is 37.4 Å². The topological polar surface area (TPSA) is 103 Å². The molecular formula is C13H36O4SiTi. The van der Waals surface area contributed by atoms with Crippen molar-refractivity contribution in [2.75, 3.05) is 0 Å². The molecule has 0 aromatic heterocycles. The first kappa shape index (κ1) is 31.9. The quantitative estimate of drug-likeness (QED) is 0.729. The molecule has 0 saturated carbocycles. The molecule has 0 aromatic rings. The molecule has 0 aliphatic heterocycles. The molecule has 0 spiro atoms. The van der Waals surface area contributed by atoms with Crippen molar-refractivity contribution in [2.24, 2.45) is 0 Å². The average molecular weight is 332 g/mol. The Morgan fingerprint density at radius 3 is 1.05 bits per heavy atom. The molecule has 19 heavy (non-hydrogen) atoms. The summed E-state index contributed by atoms with van der Waals surface area (Å²) in [5, 5.41) is 8.52. The van der Waals surface area contributed by atoms with Crippen LogP contribution in [0.15, 0.2) is 0 Å². The Labute approximate surface area is 135 Å². The van der Waals surface area contributed by atoms with Gasteiger partial charge in [-0.1, -0.05) is 40.0 Å². The van der Waals surface area contributed by atoms with E-state index in [0.29, 0.717) is 0 Å². The predicted octanol–water partition coefficient (Wildman–Crippen LogP) is 2.28. The van der Waals surface area contributed by atoms with E-state index in [1.165, 1.54) is 0 Å². The van der Waals surface area contributed by atoms with Gasteiger partial charge < -0.3 is 20.9 Å². The second kappa shape index (κ2) is 16.8. The third kappa shape index (κ3) is 32.4. The number of hydrogen-bond acceptors (Lipinski definition) is 2. The van der Waals surface area contributed by atoms with Crippen LogP contribution >= 0.6 is 0 Å². The Hall–Kier alpha value is 0.771. The van der Waals surface area contributed by atoms with Crippen molar-refractivity contribution in [1.29, 1.82) is 0 Å². The molecule has 0 aliphatic carbocycles. The van der Waals surface area contributed by atoms with Gasteiger partial charge in [0.15, 0.2) is 8.32 Å². The second-order valence-corrected chi connectivity index (χ2v) is 9.59. The summed E-state index contributed by atoms with van der Waals surface area (Å²) in [4.78, 5) is 10.2. The molecule has 4 nitrogen and oxygen atoms in total. The molecule has 0 rings (SSSR count). The largest absolute Gasteiger partial charge is 0.432 e. The van der Waals surface area contributed by atoms with Crippen LogP contribution in [0, 0.1) is 0 Å². The summed E-state index contributed by atoms with van der Waals surface area (Å²) in [7, 11) is -1.75. The monoisotopic (exact) mass is 332 g/mol. The Morgan fingerprint density at radius 2 is 0.947 bits per heavy atom. The van der Waals surface area contributed by atoms with Crippen molar-refractivity contribution in [3.05, 3.63) is 0 Å². The zero-order valence-corrected chi connectivity index (χ0v) is 16.2. The van der Waals surface area contributed by atoms with Gasteiger partial charge in [-0.3, -0.25) is 0 Å². The number of aliphatic hydroxyl groups is 1. The van der Waals surface area contributed by atoms with Crippen molar-refractivity contribution >= 4 is 8.32 Å². The zero-order valence-electron chi connectivity index (χ0n) is 13.6. The third-order valence-electron chi connectivity index (χ3n) is 2.15. The van der Waals surface area contributed by atoms with Crippen molar-refractivity contribution in [2.45, 2.75) is 84.5 Å². The van der Waals surface area contributed by atoms with Gasteiger partial charge in [0.05, 0.1) is 5.60 Å². The Morgan fingerprint density at radius 1 is 0.789 bits per heavy atom. The van der Waals surface area contributed by atoms with Crippen molar-refractivity contribution in [1.82, 2.24) is 0 Å². The van der Waals surface area contributed by atoms with E-state index in [1.54, 1.807) is 20.8 Å². The first-order valence-electron chi connectivity index (χ1n) is 6.63. The minimum absolute atomic E-state index is 0. The summed E-state index contributed by atoms with van der Waals surface area (Å²) < 4.78 is 0. The molecule has 0 atom stereocenters. The molecule has 0 unspecified atom stereocenters. The Kier molecular flexibility index (Phi) is 28.3. The molecule has 0 saturated heterocycles. The van der Waals surface area contributed by atoms with Gasteiger partial charge in [-0.25, -0.2) is 0 Å². The van der Waals surface area contributed by atoms with E-state index in [-0.39, 0.29) is 32.7 Å². The van der Waals surface area contributed by atoms with Crippen molar-refractivity contribution in [3.8, 4) is 0 Å². The minimum Gasteiger partial charge on any atom is -0.432 e. The number of hydrogen-bond donors (Lipinski definition) is 2. The molecule has 0 heterocycles. The smallest absolute Gasteiger partial charge is 0.188 e. The summed E-state index contributed by atoms with van der Waals surface area (Å²) >= 11 is 0. The van der Waals surface area contributed by atoms with Crippen LogP contribution in [0.5, 0.6) is 0 Å². The molecule has 6 N–H and O–H groups in total. The maximum atomic E-state index is 10.2. The SMILES string of the molecule is CC(C)(C)O.CCC[Si](O)(CCC)CCC.O.O.[Ti]. The van der Waals surface area contributed by atoms with Gasteiger partial charge >= 0.3 is 0 Å². The van der Waals surface area contributed by atoms with E-state index in [4.69, 9.17) is 5.11 Å². The van der Waals surface area contributed by atoms with E-state index in [1.807, 2.05) is 0 Å². The summed E-state index contributed by atoms with van der Waals surface area (Å²) in [5.74, 6) is 0. The van der Waals surface area contributed by atoms with Crippen LogP contribution < -0.4 is 0 Å². The van der Waals surface area contributed by atoms with Gasteiger partial charge in [0.1, 0.15) is 0 Å². The van der Waals surface area contributed by atoms with Crippen LogP contribution in [0.25, 0.3) is 0 Å². The zero-order chi connectivity index (χ0) is 13.2. The molecule has 0 aliphatic rings. The van der Waals surface area contributed by atoms with Gasteiger partial charge in [0.2, 0.25) is 0 Å². The van der Waals surface area contributed by atoms with Crippen LogP contribution in [0.3, 0.4) is 0 Å². The van der Waals surface area contributed by atoms with Crippen LogP contribution in [-0.4, -0.2) is 34.8 Å². The average Bonchev–Trinajstić information content (AvgIpc) is 2.01. The molecule has 0 aromatic carbocycles. The summed E-state index contributed by atoms with van der Waals surface area (Å²) in [6.07, 6.45) is 3.47. The van der Waals surface area contributed by atoms with E-state index in [2.05, 4.69) is 20.8 Å². The summed E-state index contributed by atoms with van der Waals surface area (Å²) in [5.41, 5.74) is -0.500. The fraction of sp³-hybridized carbons (Fsp3) is 1.00. The van der Waals surface area contributed by atoms with Gasteiger partial charge in [0.25, 0.3) is 0 Å². The molecule has 0 radical (unpaired) electrons. The predicted molar refractivity (Wildman–Crippen MR) is 82.5 cm³/mol. The van der Waals surface area contributed by atoms with Crippen LogP contribution in [0.4, 0.5) is 0 Å². The van der Waals surface area contributed by atoms with Crippen molar-refractivity contribution in [3.63, 3.8) is 0 Å². The van der Waals surface area contributed by atoms with Gasteiger partial charge in [0, 0.05) is 21.7 Å². The standard InChI is InChI=1S/C9H22OSi.C4H10O.2H2O.Ti/c1-4-7-11(10,8-5-2)9-6-3;1-4(2,3)5;;;/h10H,4-9H2,1-3H3;5H,1-3H3;2*1H2;. The fourth-order valence-corrected chi connectivity index (χ4v) is 5.31. The molecule has 0 bridgehead atoms. The molecular weight excluding hydrogens is 296 g/mol. The first-order valence-corrected chi connectivity index (χ1v) is 9.20. The number of rotatable bonds is 6. The van der Waals surface area contributed by atoms with Gasteiger partial charge in [-0.05, 0) is 38.9 Å². The molecule has 120 valence electrons.